The Bertz CT molecular complexity index is 548. The van der Waals surface area contributed by atoms with Gasteiger partial charge in [0.05, 0.1) is 21.9 Å². The van der Waals surface area contributed by atoms with Gasteiger partial charge < -0.3 is 5.73 Å². The Morgan fingerprint density at radius 3 is 2.81 bits per heavy atom. The molecule has 2 aromatic rings. The molecule has 82 valence electrons. The monoisotopic (exact) mass is 279 g/mol. The van der Waals surface area contributed by atoms with Crippen LogP contribution < -0.4 is 5.73 Å². The predicted octanol–water partition coefficient (Wildman–Crippen LogP) is 2.04. The number of benzene rings is 1. The van der Waals surface area contributed by atoms with Gasteiger partial charge in [0.2, 0.25) is 0 Å². The second-order valence-corrected chi connectivity index (χ2v) is 4.40. The normalized spacial score (nSPS) is 10.4. The Morgan fingerprint density at radius 1 is 1.50 bits per heavy atom. The minimum Gasteiger partial charge on any atom is -0.366 e. The van der Waals surface area contributed by atoms with E-state index < -0.39 is 5.91 Å². The first-order chi connectivity index (χ1) is 7.58. The Labute approximate surface area is 101 Å². The summed E-state index contributed by atoms with van der Waals surface area (Å²) in [5.41, 5.74) is 7.52. The Morgan fingerprint density at radius 2 is 2.25 bits per heavy atom. The first-order valence-corrected chi connectivity index (χ1v) is 5.48. The van der Waals surface area contributed by atoms with E-state index in [9.17, 15) is 4.79 Å². The first kappa shape index (κ1) is 10.9. The molecule has 2 rings (SSSR count). The molecule has 0 spiro atoms. The molecule has 0 aliphatic rings. The molecule has 16 heavy (non-hydrogen) atoms. The van der Waals surface area contributed by atoms with Gasteiger partial charge in [0.25, 0.3) is 5.91 Å². The van der Waals surface area contributed by atoms with E-state index in [0.717, 1.165) is 10.0 Å². The molecule has 4 nitrogen and oxygen atoms in total. The van der Waals surface area contributed by atoms with Crippen LogP contribution in [0.4, 0.5) is 0 Å². The van der Waals surface area contributed by atoms with Gasteiger partial charge in [-0.3, -0.25) is 4.79 Å². The fourth-order valence-corrected chi connectivity index (χ4v) is 1.76. The van der Waals surface area contributed by atoms with Crippen molar-refractivity contribution in [3.8, 4) is 5.69 Å². The van der Waals surface area contributed by atoms with Gasteiger partial charge in [-0.1, -0.05) is 6.07 Å². The smallest absolute Gasteiger partial charge is 0.250 e. The highest BCUT2D eigenvalue weighted by Gasteiger charge is 2.10. The number of nitrogens with zero attached hydrogens (tertiary/aromatic N) is 2. The Hall–Kier alpha value is -1.62. The van der Waals surface area contributed by atoms with Crippen molar-refractivity contribution in [1.29, 1.82) is 0 Å². The predicted molar refractivity (Wildman–Crippen MR) is 64.5 cm³/mol. The van der Waals surface area contributed by atoms with Crippen molar-refractivity contribution in [1.82, 2.24) is 9.78 Å². The van der Waals surface area contributed by atoms with E-state index in [1.54, 1.807) is 23.1 Å². The van der Waals surface area contributed by atoms with Crippen molar-refractivity contribution >= 4 is 21.8 Å². The van der Waals surface area contributed by atoms with Crippen LogP contribution >= 0.6 is 15.9 Å². The zero-order valence-corrected chi connectivity index (χ0v) is 10.2. The van der Waals surface area contributed by atoms with Crippen molar-refractivity contribution in [2.24, 2.45) is 5.73 Å². The molecule has 0 unspecified atom stereocenters. The minimum absolute atomic E-state index is 0.457. The number of rotatable bonds is 2. The van der Waals surface area contributed by atoms with Crippen LogP contribution in [0, 0.1) is 6.92 Å². The first-order valence-electron chi connectivity index (χ1n) is 4.69. The molecular formula is C11H10BrN3O. The van der Waals surface area contributed by atoms with Crippen molar-refractivity contribution in [2.75, 3.05) is 0 Å². The number of aromatic nitrogens is 2. The topological polar surface area (TPSA) is 60.9 Å². The SMILES string of the molecule is Cc1ccc(C(N)=O)c(-n2cc(Br)cn2)c1. The highest BCUT2D eigenvalue weighted by Crippen LogP contribution is 2.18. The van der Waals surface area contributed by atoms with Gasteiger partial charge in [0, 0.05) is 6.20 Å². The molecule has 5 heteroatoms. The van der Waals surface area contributed by atoms with Gasteiger partial charge in [-0.2, -0.15) is 5.10 Å². The molecule has 0 bridgehead atoms. The summed E-state index contributed by atoms with van der Waals surface area (Å²) in [5.74, 6) is -0.457. The minimum atomic E-state index is -0.457. The second kappa shape index (κ2) is 4.09. The number of primary amides is 1. The molecule has 0 aliphatic heterocycles. The van der Waals surface area contributed by atoms with Crippen molar-refractivity contribution in [3.05, 3.63) is 46.2 Å². The third-order valence-electron chi connectivity index (χ3n) is 2.22. The number of amides is 1. The van der Waals surface area contributed by atoms with Crippen LogP contribution in [0.25, 0.3) is 5.69 Å². The zero-order chi connectivity index (χ0) is 11.7. The van der Waals surface area contributed by atoms with E-state index in [2.05, 4.69) is 21.0 Å². The molecular weight excluding hydrogens is 270 g/mol. The Kier molecular flexibility index (Phi) is 2.78. The van der Waals surface area contributed by atoms with Crippen LogP contribution in [0.15, 0.2) is 35.1 Å². The van der Waals surface area contributed by atoms with Crippen molar-refractivity contribution in [3.63, 3.8) is 0 Å². The summed E-state index contributed by atoms with van der Waals surface area (Å²) >= 11 is 3.31. The van der Waals surface area contributed by atoms with E-state index in [-0.39, 0.29) is 0 Å². The van der Waals surface area contributed by atoms with Crippen LogP contribution in [-0.4, -0.2) is 15.7 Å². The number of hydrogen-bond acceptors (Lipinski definition) is 2. The summed E-state index contributed by atoms with van der Waals surface area (Å²) in [4.78, 5) is 11.3. The average Bonchev–Trinajstić information content (AvgIpc) is 2.64. The molecule has 0 aliphatic carbocycles. The molecule has 1 aromatic heterocycles. The van der Waals surface area contributed by atoms with Crippen LogP contribution in [0.1, 0.15) is 15.9 Å². The molecule has 1 heterocycles. The Balaban J connectivity index is 2.62. The summed E-state index contributed by atoms with van der Waals surface area (Å²) in [6, 6.07) is 5.43. The largest absolute Gasteiger partial charge is 0.366 e. The summed E-state index contributed by atoms with van der Waals surface area (Å²) in [6.45, 7) is 1.95. The van der Waals surface area contributed by atoms with Gasteiger partial charge in [-0.05, 0) is 40.5 Å². The molecule has 0 saturated heterocycles. The van der Waals surface area contributed by atoms with E-state index >= 15 is 0 Å². The number of halogens is 1. The summed E-state index contributed by atoms with van der Waals surface area (Å²) < 4.78 is 2.47. The number of carbonyl (C=O) groups excluding carboxylic acids is 1. The highest BCUT2D eigenvalue weighted by atomic mass is 79.9. The lowest BCUT2D eigenvalue weighted by atomic mass is 10.1. The van der Waals surface area contributed by atoms with E-state index in [4.69, 9.17) is 5.73 Å². The highest BCUT2D eigenvalue weighted by molar-refractivity contribution is 9.10. The van der Waals surface area contributed by atoms with Crippen LogP contribution in [-0.2, 0) is 0 Å². The molecule has 2 N–H and O–H groups in total. The molecule has 1 amide bonds. The quantitative estimate of drug-likeness (QED) is 0.915. The third-order valence-corrected chi connectivity index (χ3v) is 2.63. The molecule has 0 radical (unpaired) electrons. The molecule has 1 aromatic carbocycles. The van der Waals surface area contributed by atoms with E-state index in [0.29, 0.717) is 11.3 Å². The zero-order valence-electron chi connectivity index (χ0n) is 8.64. The fourth-order valence-electron chi connectivity index (χ4n) is 1.47. The maximum atomic E-state index is 11.3. The van der Waals surface area contributed by atoms with Crippen LogP contribution in [0.5, 0.6) is 0 Å². The van der Waals surface area contributed by atoms with Gasteiger partial charge in [-0.15, -0.1) is 0 Å². The van der Waals surface area contributed by atoms with Gasteiger partial charge in [-0.25, -0.2) is 4.68 Å². The number of nitrogens with two attached hydrogens (primary N) is 1. The van der Waals surface area contributed by atoms with Crippen molar-refractivity contribution in [2.45, 2.75) is 6.92 Å². The van der Waals surface area contributed by atoms with Crippen LogP contribution in [0.2, 0.25) is 0 Å². The standard InChI is InChI=1S/C11H10BrN3O/c1-7-2-3-9(11(13)16)10(4-7)15-6-8(12)5-14-15/h2-6H,1H3,(H2,13,16). The van der Waals surface area contributed by atoms with Crippen LogP contribution in [0.3, 0.4) is 0 Å². The van der Waals surface area contributed by atoms with E-state index in [1.165, 1.54) is 0 Å². The second-order valence-electron chi connectivity index (χ2n) is 3.49. The molecule has 0 saturated carbocycles. The lowest BCUT2D eigenvalue weighted by molar-refractivity contribution is 0.1000. The molecule has 0 atom stereocenters. The lowest BCUT2D eigenvalue weighted by Gasteiger charge is -2.07. The van der Waals surface area contributed by atoms with Crippen molar-refractivity contribution < 1.29 is 4.79 Å². The lowest BCUT2D eigenvalue weighted by Crippen LogP contribution is -2.15. The molecule has 0 fully saturated rings. The van der Waals surface area contributed by atoms with Gasteiger partial charge >= 0.3 is 0 Å². The average molecular weight is 280 g/mol. The number of hydrogen-bond donors (Lipinski definition) is 1. The maximum absolute atomic E-state index is 11.3. The van der Waals surface area contributed by atoms with E-state index in [1.807, 2.05) is 19.1 Å². The number of carbonyl (C=O) groups is 1. The fraction of sp³-hybridized carbons (Fsp3) is 0.0909. The van der Waals surface area contributed by atoms with Gasteiger partial charge in [0.1, 0.15) is 0 Å². The third kappa shape index (κ3) is 1.99. The summed E-state index contributed by atoms with van der Waals surface area (Å²) in [5, 5.41) is 4.13. The summed E-state index contributed by atoms with van der Waals surface area (Å²) in [7, 11) is 0. The summed E-state index contributed by atoms with van der Waals surface area (Å²) in [6.07, 6.45) is 3.44. The maximum Gasteiger partial charge on any atom is 0.250 e. The van der Waals surface area contributed by atoms with Gasteiger partial charge in [0.15, 0.2) is 0 Å². The number of aryl methyl sites for hydroxylation is 1.